The summed E-state index contributed by atoms with van der Waals surface area (Å²) >= 11 is 0. The van der Waals surface area contributed by atoms with Crippen molar-refractivity contribution in [2.45, 2.75) is 77.4 Å². The molecule has 0 heterocycles. The van der Waals surface area contributed by atoms with Crippen molar-refractivity contribution < 1.29 is 9.53 Å². The fraction of sp³-hybridized carbons (Fsp3) is 0.480. The van der Waals surface area contributed by atoms with Crippen molar-refractivity contribution >= 4 is 5.78 Å². The molecule has 0 saturated carbocycles. The van der Waals surface area contributed by atoms with Crippen molar-refractivity contribution in [3.05, 3.63) is 71.8 Å². The molecule has 2 rings (SSSR count). The number of rotatable bonds is 13. The maximum atomic E-state index is 12.1. The molecule has 0 aliphatic rings. The van der Waals surface area contributed by atoms with Crippen molar-refractivity contribution in [1.29, 1.82) is 0 Å². The van der Waals surface area contributed by atoms with Gasteiger partial charge >= 0.3 is 0 Å². The fourth-order valence-electron chi connectivity index (χ4n) is 3.56. The normalized spacial score (nSPS) is 13.3. The van der Waals surface area contributed by atoms with Gasteiger partial charge in [-0.15, -0.1) is 0 Å². The predicted octanol–water partition coefficient (Wildman–Crippen LogP) is 6.70. The van der Waals surface area contributed by atoms with Crippen LogP contribution in [-0.2, 0) is 16.1 Å². The van der Waals surface area contributed by atoms with Gasteiger partial charge in [0.15, 0.2) is 0 Å². The molecule has 0 aliphatic carbocycles. The molecule has 0 N–H and O–H groups in total. The Hall–Kier alpha value is -1.93. The topological polar surface area (TPSA) is 26.3 Å². The highest BCUT2D eigenvalue weighted by atomic mass is 16.5. The van der Waals surface area contributed by atoms with E-state index < -0.39 is 0 Å². The Labute approximate surface area is 165 Å². The van der Waals surface area contributed by atoms with Gasteiger partial charge in [-0.3, -0.25) is 4.79 Å². The van der Waals surface area contributed by atoms with Gasteiger partial charge in [-0.05, 0) is 43.7 Å². The second-order valence-corrected chi connectivity index (χ2v) is 7.42. The second-order valence-electron chi connectivity index (χ2n) is 7.42. The number of carbonyl (C=O) groups excluding carboxylic acids is 1. The van der Waals surface area contributed by atoms with E-state index in [0.717, 1.165) is 31.2 Å². The number of carbonyl (C=O) groups is 1. The van der Waals surface area contributed by atoms with E-state index in [1.54, 1.807) is 6.92 Å². The molecule has 0 fully saturated rings. The predicted molar refractivity (Wildman–Crippen MR) is 113 cm³/mol. The standard InChI is InChI=1S/C25H34O2/c1-3-4-7-17-24(27-20-22-13-8-5-9-14-22)18-12-19-25(21(2)26)23-15-10-6-11-16-23/h5-6,8-11,13-16,24-25H,3-4,7,12,17-20H2,1-2H3. The molecule has 0 saturated heterocycles. The Bertz CT molecular complexity index is 636. The van der Waals surface area contributed by atoms with Crippen LogP contribution in [0.4, 0.5) is 0 Å². The molecule has 0 spiro atoms. The molecule has 27 heavy (non-hydrogen) atoms. The summed E-state index contributed by atoms with van der Waals surface area (Å²) in [5, 5.41) is 0. The first-order valence-corrected chi connectivity index (χ1v) is 10.4. The summed E-state index contributed by atoms with van der Waals surface area (Å²) in [6.07, 6.45) is 8.02. The molecule has 2 aromatic rings. The van der Waals surface area contributed by atoms with Crippen LogP contribution >= 0.6 is 0 Å². The maximum absolute atomic E-state index is 12.1. The van der Waals surface area contributed by atoms with Crippen LogP contribution in [0, 0.1) is 0 Å². The lowest BCUT2D eigenvalue weighted by Crippen LogP contribution is -2.15. The highest BCUT2D eigenvalue weighted by Gasteiger charge is 2.17. The number of Topliss-reactive ketones (excluding diaryl/α,β-unsaturated/α-hetero) is 1. The smallest absolute Gasteiger partial charge is 0.137 e. The van der Waals surface area contributed by atoms with Gasteiger partial charge in [0.05, 0.1) is 12.7 Å². The Kier molecular flexibility index (Phi) is 9.86. The van der Waals surface area contributed by atoms with Crippen LogP contribution in [0.25, 0.3) is 0 Å². The lowest BCUT2D eigenvalue weighted by Gasteiger charge is -2.20. The molecule has 2 unspecified atom stereocenters. The number of benzene rings is 2. The molecule has 2 aromatic carbocycles. The molecule has 2 atom stereocenters. The summed E-state index contributed by atoms with van der Waals surface area (Å²) in [7, 11) is 0. The average Bonchev–Trinajstić information content (AvgIpc) is 2.70. The van der Waals surface area contributed by atoms with E-state index in [4.69, 9.17) is 4.74 Å². The number of unbranched alkanes of at least 4 members (excludes halogenated alkanes) is 2. The highest BCUT2D eigenvalue weighted by Crippen LogP contribution is 2.25. The summed E-state index contributed by atoms with van der Waals surface area (Å²) in [5.41, 5.74) is 2.36. The van der Waals surface area contributed by atoms with Gasteiger partial charge in [-0.25, -0.2) is 0 Å². The summed E-state index contributed by atoms with van der Waals surface area (Å²) in [5.74, 6) is 0.269. The minimum atomic E-state index is 0.0108. The number of hydrogen-bond acceptors (Lipinski definition) is 2. The maximum Gasteiger partial charge on any atom is 0.137 e. The van der Waals surface area contributed by atoms with E-state index >= 15 is 0 Å². The Morgan fingerprint density at radius 1 is 0.852 bits per heavy atom. The van der Waals surface area contributed by atoms with Gasteiger partial charge in [0.2, 0.25) is 0 Å². The third kappa shape index (κ3) is 8.09. The van der Waals surface area contributed by atoms with Crippen molar-refractivity contribution in [2.24, 2.45) is 0 Å². The lowest BCUT2D eigenvalue weighted by atomic mass is 9.89. The minimum absolute atomic E-state index is 0.0108. The third-order valence-corrected chi connectivity index (χ3v) is 5.17. The van der Waals surface area contributed by atoms with Crippen molar-refractivity contribution in [2.75, 3.05) is 0 Å². The largest absolute Gasteiger partial charge is 0.374 e. The summed E-state index contributed by atoms with van der Waals surface area (Å²) in [6.45, 7) is 4.62. The van der Waals surface area contributed by atoms with E-state index in [9.17, 15) is 4.79 Å². The van der Waals surface area contributed by atoms with Gasteiger partial charge < -0.3 is 4.74 Å². The monoisotopic (exact) mass is 366 g/mol. The first kappa shape index (κ1) is 21.4. The quantitative estimate of drug-likeness (QED) is 0.369. The molecule has 0 aliphatic heterocycles. The molecule has 2 nitrogen and oxygen atoms in total. The van der Waals surface area contributed by atoms with E-state index in [1.165, 1.54) is 24.8 Å². The van der Waals surface area contributed by atoms with Gasteiger partial charge in [-0.1, -0.05) is 86.8 Å². The molecular formula is C25H34O2. The van der Waals surface area contributed by atoms with E-state index in [2.05, 4.69) is 43.3 Å². The van der Waals surface area contributed by atoms with Crippen LogP contribution < -0.4 is 0 Å². The van der Waals surface area contributed by atoms with Crippen LogP contribution in [0.15, 0.2) is 60.7 Å². The van der Waals surface area contributed by atoms with Crippen LogP contribution in [0.5, 0.6) is 0 Å². The zero-order valence-electron chi connectivity index (χ0n) is 16.9. The molecule has 2 heteroatoms. The van der Waals surface area contributed by atoms with Crippen LogP contribution in [0.3, 0.4) is 0 Å². The van der Waals surface area contributed by atoms with Crippen LogP contribution in [0.2, 0.25) is 0 Å². The molecule has 0 amide bonds. The summed E-state index contributed by atoms with van der Waals surface area (Å²) in [4.78, 5) is 12.1. The fourth-order valence-corrected chi connectivity index (χ4v) is 3.56. The zero-order valence-corrected chi connectivity index (χ0v) is 16.9. The van der Waals surface area contributed by atoms with Crippen molar-refractivity contribution in [3.63, 3.8) is 0 Å². The minimum Gasteiger partial charge on any atom is -0.374 e. The summed E-state index contributed by atoms with van der Waals surface area (Å²) in [6, 6.07) is 20.5. The van der Waals surface area contributed by atoms with E-state index in [1.807, 2.05) is 24.3 Å². The highest BCUT2D eigenvalue weighted by molar-refractivity contribution is 5.83. The first-order valence-electron chi connectivity index (χ1n) is 10.4. The molecule has 0 radical (unpaired) electrons. The van der Waals surface area contributed by atoms with Crippen molar-refractivity contribution in [1.82, 2.24) is 0 Å². The van der Waals surface area contributed by atoms with Crippen molar-refractivity contribution in [3.8, 4) is 0 Å². The van der Waals surface area contributed by atoms with Gasteiger partial charge in [0, 0.05) is 5.92 Å². The van der Waals surface area contributed by atoms with Gasteiger partial charge in [0.1, 0.15) is 5.78 Å². The van der Waals surface area contributed by atoms with Gasteiger partial charge in [0.25, 0.3) is 0 Å². The Morgan fingerprint density at radius 2 is 1.48 bits per heavy atom. The number of hydrogen-bond donors (Lipinski definition) is 0. The zero-order chi connectivity index (χ0) is 19.3. The van der Waals surface area contributed by atoms with Crippen LogP contribution in [0.1, 0.15) is 75.8 Å². The first-order chi connectivity index (χ1) is 13.2. The SMILES string of the molecule is CCCCCC(CCCC(C(C)=O)c1ccccc1)OCc1ccccc1. The Balaban J connectivity index is 1.86. The van der Waals surface area contributed by atoms with E-state index in [-0.39, 0.29) is 17.8 Å². The third-order valence-electron chi connectivity index (χ3n) is 5.17. The second kappa shape index (κ2) is 12.5. The molecule has 0 aromatic heterocycles. The lowest BCUT2D eigenvalue weighted by molar-refractivity contribution is -0.118. The Morgan fingerprint density at radius 3 is 2.11 bits per heavy atom. The average molecular weight is 367 g/mol. The molecule has 0 bridgehead atoms. The number of ether oxygens (including phenoxy) is 1. The number of ketones is 1. The molecular weight excluding hydrogens is 332 g/mol. The molecule has 146 valence electrons. The van der Waals surface area contributed by atoms with E-state index in [0.29, 0.717) is 6.61 Å². The summed E-state index contributed by atoms with van der Waals surface area (Å²) < 4.78 is 6.24. The van der Waals surface area contributed by atoms with Gasteiger partial charge in [-0.2, -0.15) is 0 Å². The van der Waals surface area contributed by atoms with Crippen LogP contribution in [-0.4, -0.2) is 11.9 Å².